The van der Waals surface area contributed by atoms with Crippen LogP contribution in [0, 0.1) is 17.8 Å². The lowest BCUT2D eigenvalue weighted by atomic mass is 9.88. The predicted octanol–water partition coefficient (Wildman–Crippen LogP) is 1.18. The van der Waals surface area contributed by atoms with Gasteiger partial charge in [0.15, 0.2) is 0 Å². The fraction of sp³-hybridized carbons (Fsp3) is 1.00. The van der Waals surface area contributed by atoms with E-state index >= 15 is 0 Å². The summed E-state index contributed by atoms with van der Waals surface area (Å²) >= 11 is 0. The lowest BCUT2D eigenvalue weighted by molar-refractivity contribution is 0.107. The van der Waals surface area contributed by atoms with E-state index < -0.39 is 0 Å². The molecule has 2 rings (SSSR count). The minimum atomic E-state index is 0.904. The molecule has 0 radical (unpaired) electrons. The van der Waals surface area contributed by atoms with Crippen molar-refractivity contribution in [3.63, 3.8) is 0 Å². The van der Waals surface area contributed by atoms with Crippen LogP contribution in [0.15, 0.2) is 0 Å². The van der Waals surface area contributed by atoms with Gasteiger partial charge in [-0.25, -0.2) is 0 Å². The summed E-state index contributed by atoms with van der Waals surface area (Å²) in [6, 6.07) is 0. The minimum Gasteiger partial charge on any atom is -0.316 e. The van der Waals surface area contributed by atoms with Crippen LogP contribution in [-0.4, -0.2) is 37.6 Å². The Morgan fingerprint density at radius 2 is 2.00 bits per heavy atom. The highest BCUT2D eigenvalue weighted by Crippen LogP contribution is 2.23. The first-order valence-corrected chi connectivity index (χ1v) is 5.69. The number of rotatable bonds is 2. The van der Waals surface area contributed by atoms with E-state index in [1.807, 2.05) is 0 Å². The van der Waals surface area contributed by atoms with Gasteiger partial charge in [-0.2, -0.15) is 0 Å². The summed E-state index contributed by atoms with van der Waals surface area (Å²) in [4.78, 5) is 2.66. The summed E-state index contributed by atoms with van der Waals surface area (Å²) in [7, 11) is 0. The van der Waals surface area contributed by atoms with Gasteiger partial charge in [0.2, 0.25) is 0 Å². The van der Waals surface area contributed by atoms with Gasteiger partial charge in [0.25, 0.3) is 0 Å². The lowest BCUT2D eigenvalue weighted by Gasteiger charge is -2.39. The monoisotopic (exact) mass is 182 g/mol. The van der Waals surface area contributed by atoms with Crippen LogP contribution < -0.4 is 5.32 Å². The molecule has 2 heteroatoms. The van der Waals surface area contributed by atoms with E-state index in [0.29, 0.717) is 0 Å². The average molecular weight is 182 g/mol. The Balaban J connectivity index is 1.74. The molecule has 2 aliphatic heterocycles. The van der Waals surface area contributed by atoms with Crippen LogP contribution in [0.5, 0.6) is 0 Å². The molecule has 0 amide bonds. The molecular weight excluding hydrogens is 160 g/mol. The van der Waals surface area contributed by atoms with Crippen LogP contribution in [0.1, 0.15) is 20.3 Å². The minimum absolute atomic E-state index is 0.904. The first-order valence-electron chi connectivity index (χ1n) is 5.69. The maximum absolute atomic E-state index is 3.34. The molecular formula is C11H22N2. The highest BCUT2D eigenvalue weighted by Gasteiger charge is 2.26. The third-order valence-corrected chi connectivity index (χ3v) is 3.80. The van der Waals surface area contributed by atoms with E-state index in [-0.39, 0.29) is 0 Å². The van der Waals surface area contributed by atoms with E-state index in [1.165, 1.54) is 39.1 Å². The van der Waals surface area contributed by atoms with Crippen LogP contribution in [0.25, 0.3) is 0 Å². The highest BCUT2D eigenvalue weighted by atomic mass is 15.1. The number of nitrogens with one attached hydrogen (secondary N) is 1. The summed E-state index contributed by atoms with van der Waals surface area (Å²) in [5.41, 5.74) is 0. The summed E-state index contributed by atoms with van der Waals surface area (Å²) < 4.78 is 0. The normalized spacial score (nSPS) is 37.4. The number of hydrogen-bond acceptors (Lipinski definition) is 2. The fourth-order valence-corrected chi connectivity index (χ4v) is 2.36. The van der Waals surface area contributed by atoms with Crippen LogP contribution in [0.3, 0.4) is 0 Å². The molecule has 0 spiro atoms. The van der Waals surface area contributed by atoms with Crippen molar-refractivity contribution in [2.45, 2.75) is 20.3 Å². The molecule has 0 aromatic heterocycles. The van der Waals surface area contributed by atoms with Crippen LogP contribution in [-0.2, 0) is 0 Å². The van der Waals surface area contributed by atoms with Crippen molar-refractivity contribution in [1.82, 2.24) is 10.2 Å². The Kier molecular flexibility index (Phi) is 2.89. The van der Waals surface area contributed by atoms with Gasteiger partial charge in [-0.15, -0.1) is 0 Å². The highest BCUT2D eigenvalue weighted by molar-refractivity contribution is 4.82. The Labute approximate surface area is 81.7 Å². The first-order chi connectivity index (χ1) is 6.25. The Hall–Kier alpha value is -0.0800. The zero-order chi connectivity index (χ0) is 9.26. The summed E-state index contributed by atoms with van der Waals surface area (Å²) in [5.74, 6) is 2.79. The molecule has 0 aromatic rings. The Bertz CT molecular complexity index is 163. The van der Waals surface area contributed by atoms with E-state index in [0.717, 1.165) is 17.8 Å². The lowest BCUT2D eigenvalue weighted by Crippen LogP contribution is -2.50. The van der Waals surface area contributed by atoms with Gasteiger partial charge < -0.3 is 10.2 Å². The van der Waals surface area contributed by atoms with E-state index in [1.54, 1.807) is 0 Å². The van der Waals surface area contributed by atoms with Crippen LogP contribution in [0.4, 0.5) is 0 Å². The largest absolute Gasteiger partial charge is 0.316 e. The maximum atomic E-state index is 3.34. The number of piperidine rings is 1. The van der Waals surface area contributed by atoms with Gasteiger partial charge >= 0.3 is 0 Å². The molecule has 2 atom stereocenters. The maximum Gasteiger partial charge on any atom is 0.00341 e. The van der Waals surface area contributed by atoms with Crippen molar-refractivity contribution >= 4 is 0 Å². The third-order valence-electron chi connectivity index (χ3n) is 3.80. The predicted molar refractivity (Wildman–Crippen MR) is 55.7 cm³/mol. The van der Waals surface area contributed by atoms with Gasteiger partial charge in [0.05, 0.1) is 0 Å². The Morgan fingerprint density at radius 1 is 1.23 bits per heavy atom. The second-order valence-corrected chi connectivity index (χ2v) is 5.03. The molecule has 2 fully saturated rings. The molecule has 0 aliphatic carbocycles. The number of nitrogens with zero attached hydrogens (tertiary/aromatic N) is 1. The summed E-state index contributed by atoms with van der Waals surface area (Å²) in [6.07, 6.45) is 1.40. The number of hydrogen-bond donors (Lipinski definition) is 1. The zero-order valence-corrected chi connectivity index (χ0v) is 8.92. The summed E-state index contributed by atoms with van der Waals surface area (Å²) in [6.45, 7) is 11.3. The third kappa shape index (κ3) is 2.23. The molecule has 2 saturated heterocycles. The average Bonchev–Trinajstić information content (AvgIpc) is 2.04. The van der Waals surface area contributed by atoms with E-state index in [4.69, 9.17) is 0 Å². The molecule has 0 saturated carbocycles. The standard InChI is InChI=1S/C11H22N2/c1-9-3-4-13(7-10(9)2)8-11-5-12-6-11/h9-12H,3-8H2,1-2H3. The van der Waals surface area contributed by atoms with E-state index in [2.05, 4.69) is 24.1 Å². The quantitative estimate of drug-likeness (QED) is 0.690. The van der Waals surface area contributed by atoms with E-state index in [9.17, 15) is 0 Å². The zero-order valence-electron chi connectivity index (χ0n) is 8.92. The van der Waals surface area contributed by atoms with Crippen molar-refractivity contribution in [3.05, 3.63) is 0 Å². The second kappa shape index (κ2) is 3.97. The molecule has 2 heterocycles. The molecule has 2 aliphatic rings. The van der Waals surface area contributed by atoms with Crippen LogP contribution in [0.2, 0.25) is 0 Å². The molecule has 76 valence electrons. The van der Waals surface area contributed by atoms with Crippen molar-refractivity contribution in [3.8, 4) is 0 Å². The number of likely N-dealkylation sites (tertiary alicyclic amines) is 1. The molecule has 0 bridgehead atoms. The molecule has 13 heavy (non-hydrogen) atoms. The van der Waals surface area contributed by atoms with Gasteiger partial charge in [-0.1, -0.05) is 13.8 Å². The molecule has 1 N–H and O–H groups in total. The van der Waals surface area contributed by atoms with Gasteiger partial charge in [0.1, 0.15) is 0 Å². The smallest absolute Gasteiger partial charge is 0.00341 e. The van der Waals surface area contributed by atoms with Crippen molar-refractivity contribution in [2.24, 2.45) is 17.8 Å². The molecule has 2 unspecified atom stereocenters. The summed E-state index contributed by atoms with van der Waals surface area (Å²) in [5, 5.41) is 3.34. The van der Waals surface area contributed by atoms with Crippen LogP contribution >= 0.6 is 0 Å². The SMILES string of the molecule is CC1CCN(CC2CNC2)CC1C. The second-order valence-electron chi connectivity index (χ2n) is 5.03. The van der Waals surface area contributed by atoms with Crippen molar-refractivity contribution in [2.75, 3.05) is 32.7 Å². The van der Waals surface area contributed by atoms with Gasteiger partial charge in [0, 0.05) is 26.2 Å². The van der Waals surface area contributed by atoms with Crippen molar-refractivity contribution < 1.29 is 0 Å². The molecule has 0 aromatic carbocycles. The fourth-order valence-electron chi connectivity index (χ4n) is 2.36. The first kappa shape index (κ1) is 9.47. The van der Waals surface area contributed by atoms with Gasteiger partial charge in [-0.3, -0.25) is 0 Å². The van der Waals surface area contributed by atoms with Crippen molar-refractivity contribution in [1.29, 1.82) is 0 Å². The molecule has 2 nitrogen and oxygen atoms in total. The van der Waals surface area contributed by atoms with Gasteiger partial charge in [-0.05, 0) is 30.7 Å². The topological polar surface area (TPSA) is 15.3 Å². The Morgan fingerprint density at radius 3 is 2.54 bits per heavy atom.